The average molecular weight is 428 g/mol. The van der Waals surface area contributed by atoms with Gasteiger partial charge in [0.25, 0.3) is 5.56 Å². The minimum atomic E-state index is -2.78. The Morgan fingerprint density at radius 3 is 2.86 bits per heavy atom. The van der Waals surface area contributed by atoms with Crippen LogP contribution in [0.1, 0.15) is 39.5 Å². The predicted octanol–water partition coefficient (Wildman–Crippen LogP) is 2.41. The molecule has 0 aliphatic carbocycles. The lowest BCUT2D eigenvalue weighted by Gasteiger charge is -2.17. The Hall–Kier alpha value is -1.81. The third kappa shape index (κ3) is 3.98. The molecule has 0 aromatic carbocycles. The summed E-state index contributed by atoms with van der Waals surface area (Å²) in [7, 11) is -2.78. The van der Waals surface area contributed by atoms with E-state index < -0.39 is 19.9 Å². The van der Waals surface area contributed by atoms with Crippen molar-refractivity contribution in [1.82, 2.24) is 19.5 Å². The molecule has 28 heavy (non-hydrogen) atoms. The first-order valence-corrected chi connectivity index (χ1v) is 11.1. The summed E-state index contributed by atoms with van der Waals surface area (Å²) in [5.74, 6) is -0.500. The number of carbonyl (C=O) groups excluding carboxylic acids is 1. The highest BCUT2D eigenvalue weighted by Crippen LogP contribution is 2.50. The molecule has 1 saturated heterocycles. The number of anilines is 1. The summed E-state index contributed by atoms with van der Waals surface area (Å²) in [6, 6.07) is 0. The van der Waals surface area contributed by atoms with Crippen LogP contribution in [0, 0.1) is 11.8 Å². The quantitative estimate of drug-likeness (QED) is 0.596. The molecule has 1 aliphatic rings. The van der Waals surface area contributed by atoms with Crippen molar-refractivity contribution >= 4 is 43.0 Å². The van der Waals surface area contributed by atoms with Crippen molar-refractivity contribution in [2.45, 2.75) is 50.8 Å². The third-order valence-corrected chi connectivity index (χ3v) is 7.10. The molecule has 1 aliphatic heterocycles. The largest absolute Gasteiger partial charge is 0.695 e. The molecule has 0 saturated carbocycles. The molecule has 2 aromatic heterocycles. The molecule has 0 radical (unpaired) electrons. The summed E-state index contributed by atoms with van der Waals surface area (Å²) in [4.78, 5) is 44.6. The Bertz CT molecular complexity index is 961. The molecule has 2 aromatic rings. The van der Waals surface area contributed by atoms with Crippen LogP contribution in [0.2, 0.25) is 0 Å². The van der Waals surface area contributed by atoms with Gasteiger partial charge in [0, 0.05) is 21.7 Å². The number of aromatic nitrogens is 4. The number of carbonyl (C=O) groups is 1. The van der Waals surface area contributed by atoms with E-state index in [2.05, 4.69) is 20.3 Å². The fourth-order valence-electron chi connectivity index (χ4n) is 3.23. The summed E-state index contributed by atoms with van der Waals surface area (Å²) in [6.45, 7) is 7.48. The molecule has 10 nitrogen and oxygen atoms in total. The van der Waals surface area contributed by atoms with Gasteiger partial charge in [0.15, 0.2) is 11.2 Å². The van der Waals surface area contributed by atoms with Crippen LogP contribution in [0.4, 0.5) is 5.95 Å². The zero-order chi connectivity index (χ0) is 20.6. The Kier molecular flexibility index (Phi) is 6.18. The van der Waals surface area contributed by atoms with Gasteiger partial charge in [0.2, 0.25) is 11.9 Å². The van der Waals surface area contributed by atoms with Crippen molar-refractivity contribution < 1.29 is 18.8 Å². The third-order valence-electron chi connectivity index (χ3n) is 4.79. The minimum absolute atomic E-state index is 0.0191. The minimum Gasteiger partial charge on any atom is -0.299 e. The van der Waals surface area contributed by atoms with E-state index in [4.69, 9.17) is 4.52 Å². The highest BCUT2D eigenvalue weighted by atomic mass is 32.2. The molecule has 12 heteroatoms. The van der Waals surface area contributed by atoms with E-state index in [-0.39, 0.29) is 45.5 Å². The van der Waals surface area contributed by atoms with Crippen molar-refractivity contribution in [3.8, 4) is 0 Å². The molecule has 1 unspecified atom stereocenters. The summed E-state index contributed by atoms with van der Waals surface area (Å²) in [5.41, 5.74) is -0.0643. The first kappa shape index (κ1) is 20.9. The number of hydrogen-bond donors (Lipinski definition) is 3. The van der Waals surface area contributed by atoms with Gasteiger partial charge in [-0.25, -0.2) is 4.98 Å². The Morgan fingerprint density at radius 1 is 1.54 bits per heavy atom. The van der Waals surface area contributed by atoms with Crippen LogP contribution in [0.5, 0.6) is 0 Å². The van der Waals surface area contributed by atoms with Crippen molar-refractivity contribution in [3.05, 3.63) is 16.7 Å². The van der Waals surface area contributed by atoms with E-state index in [0.29, 0.717) is 0 Å². The van der Waals surface area contributed by atoms with E-state index in [0.717, 1.165) is 6.42 Å². The lowest BCUT2D eigenvalue weighted by molar-refractivity contribution is -0.118. The molecule has 152 valence electrons. The van der Waals surface area contributed by atoms with Crippen molar-refractivity contribution in [2.75, 3.05) is 5.32 Å². The van der Waals surface area contributed by atoms with Gasteiger partial charge < -0.3 is 0 Å². The number of amides is 1. The first-order valence-electron chi connectivity index (χ1n) is 8.99. The lowest BCUT2D eigenvalue weighted by Crippen LogP contribution is -2.26. The zero-order valence-corrected chi connectivity index (χ0v) is 17.7. The number of nitrogens with zero attached hydrogens (tertiary/aromatic N) is 3. The van der Waals surface area contributed by atoms with Crippen molar-refractivity contribution in [2.24, 2.45) is 11.8 Å². The summed E-state index contributed by atoms with van der Waals surface area (Å²) in [6.07, 6.45) is 1.79. The number of H-pyrrole nitrogens is 1. The zero-order valence-electron chi connectivity index (χ0n) is 15.9. The number of rotatable bonds is 6. The standard InChI is InChI=1S/C16H22N5O5PS/c1-5-9-8(4)11(26-27(24)25)15(28-9)21-6-17-10-12(21)18-16(20-14(10)23)19-13(22)7(2)3/h6-9,11,15H,5H2,1-4H3,(H2-,18,19,20,22,23,24,25)/p+1/t8-,9-,11-,15-/m1/s1. The molecule has 3 heterocycles. The molecule has 5 atom stereocenters. The second-order valence-corrected chi connectivity index (χ2v) is 9.07. The number of thioether (sulfide) groups is 1. The number of imidazole rings is 1. The van der Waals surface area contributed by atoms with Gasteiger partial charge in [-0.3, -0.25) is 24.5 Å². The predicted molar refractivity (Wildman–Crippen MR) is 106 cm³/mol. The molecule has 1 amide bonds. The number of hydrogen-bond acceptors (Lipinski definition) is 7. The molecular weight excluding hydrogens is 405 g/mol. The van der Waals surface area contributed by atoms with E-state index in [1.165, 1.54) is 6.33 Å². The van der Waals surface area contributed by atoms with Crippen LogP contribution >= 0.6 is 20.0 Å². The monoisotopic (exact) mass is 428 g/mol. The lowest BCUT2D eigenvalue weighted by atomic mass is 9.99. The SMILES string of the molecule is CC[C@H]1S[C@@H](n2cnc3c(=O)[nH]c(NC(=O)C(C)C)nc32)[C@H](O[P+](=O)O)[C@@H]1C. The van der Waals surface area contributed by atoms with E-state index in [1.54, 1.807) is 30.2 Å². The van der Waals surface area contributed by atoms with Crippen LogP contribution in [-0.2, 0) is 13.9 Å². The van der Waals surface area contributed by atoms with Crippen LogP contribution in [0.3, 0.4) is 0 Å². The van der Waals surface area contributed by atoms with Crippen molar-refractivity contribution in [3.63, 3.8) is 0 Å². The van der Waals surface area contributed by atoms with Gasteiger partial charge in [-0.2, -0.15) is 4.98 Å². The van der Waals surface area contributed by atoms with Gasteiger partial charge in [-0.05, 0) is 6.42 Å². The topological polar surface area (TPSA) is 139 Å². The Morgan fingerprint density at radius 2 is 2.25 bits per heavy atom. The average Bonchev–Trinajstić information content (AvgIpc) is 3.16. The number of nitrogens with one attached hydrogen (secondary N) is 2. The number of fused-ring (bicyclic) bond motifs is 1. The van der Waals surface area contributed by atoms with Crippen LogP contribution in [0.25, 0.3) is 11.2 Å². The highest BCUT2D eigenvalue weighted by molar-refractivity contribution is 8.00. The highest BCUT2D eigenvalue weighted by Gasteiger charge is 2.47. The van der Waals surface area contributed by atoms with Crippen LogP contribution in [-0.4, -0.2) is 41.7 Å². The van der Waals surface area contributed by atoms with Gasteiger partial charge in [0.1, 0.15) is 11.5 Å². The van der Waals surface area contributed by atoms with E-state index in [9.17, 15) is 19.0 Å². The fraction of sp³-hybridized carbons (Fsp3) is 0.625. The Balaban J connectivity index is 2.04. The maximum Gasteiger partial charge on any atom is 0.695 e. The number of aromatic amines is 1. The fourth-order valence-corrected chi connectivity index (χ4v) is 5.52. The van der Waals surface area contributed by atoms with E-state index in [1.807, 2.05) is 13.8 Å². The Labute approximate surface area is 166 Å². The van der Waals surface area contributed by atoms with Gasteiger partial charge in [-0.15, -0.1) is 21.2 Å². The normalized spacial score (nSPS) is 25.4. The molecule has 1 fully saturated rings. The maximum absolute atomic E-state index is 12.4. The molecular formula is C16H23N5O5PS+. The summed E-state index contributed by atoms with van der Waals surface area (Å²) >= 11 is 1.59. The maximum atomic E-state index is 12.4. The van der Waals surface area contributed by atoms with Crippen LogP contribution in [0.15, 0.2) is 11.1 Å². The second-order valence-electron chi connectivity index (χ2n) is 7.02. The summed E-state index contributed by atoms with van der Waals surface area (Å²) in [5, 5.41) is 2.42. The smallest absolute Gasteiger partial charge is 0.299 e. The van der Waals surface area contributed by atoms with Crippen molar-refractivity contribution in [1.29, 1.82) is 0 Å². The second kappa shape index (κ2) is 8.28. The molecule has 3 N–H and O–H groups in total. The van der Waals surface area contributed by atoms with Gasteiger partial charge in [-0.1, -0.05) is 27.7 Å². The molecule has 0 spiro atoms. The van der Waals surface area contributed by atoms with Gasteiger partial charge in [0.05, 0.1) is 6.33 Å². The molecule has 0 bridgehead atoms. The van der Waals surface area contributed by atoms with Crippen LogP contribution < -0.4 is 10.9 Å². The van der Waals surface area contributed by atoms with E-state index >= 15 is 0 Å². The summed E-state index contributed by atoms with van der Waals surface area (Å²) < 4.78 is 18.3. The molecule has 3 rings (SSSR count). The van der Waals surface area contributed by atoms with Gasteiger partial charge >= 0.3 is 8.25 Å². The first-order chi connectivity index (χ1) is 13.2.